The molecule has 0 radical (unpaired) electrons. The van der Waals surface area contributed by atoms with Gasteiger partial charge in [-0.3, -0.25) is 14.4 Å². The van der Waals surface area contributed by atoms with Gasteiger partial charge in [0.05, 0.1) is 11.0 Å². The Labute approximate surface area is 198 Å². The Kier molecular flexibility index (Phi) is 8.15. The monoisotopic (exact) mass is 462 g/mol. The molecular formula is C25H30N6O3. The van der Waals surface area contributed by atoms with Crippen molar-refractivity contribution >= 4 is 34.8 Å². The zero-order valence-electron chi connectivity index (χ0n) is 19.7. The van der Waals surface area contributed by atoms with Gasteiger partial charge in [0.2, 0.25) is 17.4 Å². The minimum absolute atomic E-state index is 0.158. The summed E-state index contributed by atoms with van der Waals surface area (Å²) in [6, 6.07) is 11.9. The van der Waals surface area contributed by atoms with Gasteiger partial charge < -0.3 is 25.5 Å². The van der Waals surface area contributed by atoms with Crippen LogP contribution in [0.2, 0.25) is 0 Å². The Morgan fingerprint density at radius 2 is 1.91 bits per heavy atom. The summed E-state index contributed by atoms with van der Waals surface area (Å²) < 4.78 is 1.94. The smallest absolute Gasteiger partial charge is 0.280 e. The Balaban J connectivity index is 1.89. The van der Waals surface area contributed by atoms with Crippen molar-refractivity contribution in [1.29, 1.82) is 0 Å². The molecule has 1 heterocycles. The Morgan fingerprint density at radius 3 is 2.62 bits per heavy atom. The maximum atomic E-state index is 12.8. The predicted octanol–water partition coefficient (Wildman–Crippen LogP) is 1.91. The van der Waals surface area contributed by atoms with Crippen LogP contribution < -0.4 is 16.7 Å². The molecule has 0 aliphatic heterocycles. The fourth-order valence-electron chi connectivity index (χ4n) is 3.43. The van der Waals surface area contributed by atoms with E-state index in [0.29, 0.717) is 18.7 Å². The summed E-state index contributed by atoms with van der Waals surface area (Å²) >= 11 is 0. The van der Waals surface area contributed by atoms with E-state index in [9.17, 15) is 14.4 Å². The molecule has 0 atom stereocenters. The van der Waals surface area contributed by atoms with Crippen molar-refractivity contribution in [2.24, 2.45) is 10.7 Å². The van der Waals surface area contributed by atoms with Crippen molar-refractivity contribution < 1.29 is 14.4 Å². The number of nitrogens with zero attached hydrogens (tertiary/aromatic N) is 3. The second-order valence-electron chi connectivity index (χ2n) is 8.17. The number of aryl methyl sites for hydroxylation is 1. The first kappa shape index (κ1) is 24.7. The molecule has 0 aliphatic carbocycles. The third-order valence-electron chi connectivity index (χ3n) is 5.15. The molecule has 0 fully saturated rings. The van der Waals surface area contributed by atoms with Crippen molar-refractivity contribution in [3.63, 3.8) is 0 Å². The van der Waals surface area contributed by atoms with E-state index in [4.69, 9.17) is 5.73 Å². The summed E-state index contributed by atoms with van der Waals surface area (Å²) in [5, 5.41) is 2.84. The molecule has 0 saturated carbocycles. The van der Waals surface area contributed by atoms with Crippen LogP contribution in [-0.2, 0) is 11.3 Å². The van der Waals surface area contributed by atoms with E-state index in [2.05, 4.69) is 15.3 Å². The number of fused-ring (bicyclic) bond motifs is 1. The van der Waals surface area contributed by atoms with Gasteiger partial charge in [-0.15, -0.1) is 0 Å². The van der Waals surface area contributed by atoms with E-state index < -0.39 is 11.8 Å². The van der Waals surface area contributed by atoms with Crippen molar-refractivity contribution in [3.8, 4) is 0 Å². The van der Waals surface area contributed by atoms with Crippen LogP contribution in [0.4, 0.5) is 0 Å². The number of hydrogen-bond donors (Lipinski definition) is 3. The van der Waals surface area contributed by atoms with Crippen molar-refractivity contribution in [1.82, 2.24) is 19.8 Å². The van der Waals surface area contributed by atoms with E-state index in [1.54, 1.807) is 24.3 Å². The Bertz CT molecular complexity index is 1300. The number of amides is 3. The Morgan fingerprint density at radius 1 is 1.15 bits per heavy atom. The number of carbonyl (C=O) groups excluding carboxylic acids is 3. The molecule has 34 heavy (non-hydrogen) atoms. The first-order chi connectivity index (χ1) is 16.3. The zero-order chi connectivity index (χ0) is 24.7. The van der Waals surface area contributed by atoms with Gasteiger partial charge in [-0.2, -0.15) is 4.99 Å². The van der Waals surface area contributed by atoms with E-state index in [0.717, 1.165) is 29.6 Å². The molecule has 4 N–H and O–H groups in total. The zero-order valence-corrected chi connectivity index (χ0v) is 19.7. The van der Waals surface area contributed by atoms with Crippen molar-refractivity contribution in [2.75, 3.05) is 27.2 Å². The average Bonchev–Trinajstić information content (AvgIpc) is 3.13. The average molecular weight is 463 g/mol. The van der Waals surface area contributed by atoms with Crippen LogP contribution in [0.15, 0.2) is 53.5 Å². The third kappa shape index (κ3) is 6.29. The third-order valence-corrected chi connectivity index (χ3v) is 5.15. The van der Waals surface area contributed by atoms with Gasteiger partial charge in [0.15, 0.2) is 0 Å². The predicted molar refractivity (Wildman–Crippen MR) is 132 cm³/mol. The number of imidazole rings is 1. The summed E-state index contributed by atoms with van der Waals surface area (Å²) in [4.78, 5) is 45.7. The van der Waals surface area contributed by atoms with Gasteiger partial charge in [0.25, 0.3) is 5.91 Å². The maximum Gasteiger partial charge on any atom is 0.280 e. The molecule has 0 spiro atoms. The topological polar surface area (TPSA) is 126 Å². The Hall–Kier alpha value is -3.98. The number of aromatic nitrogens is 2. The van der Waals surface area contributed by atoms with Crippen molar-refractivity contribution in [3.05, 3.63) is 70.8 Å². The van der Waals surface area contributed by atoms with Crippen LogP contribution in [0, 0.1) is 0 Å². The number of benzene rings is 2. The molecule has 9 heteroatoms. The molecule has 0 aliphatic rings. The number of carbonyl (C=O) groups is 3. The number of primary amides is 1. The van der Waals surface area contributed by atoms with Crippen molar-refractivity contribution in [2.45, 2.75) is 19.9 Å². The van der Waals surface area contributed by atoms with Crippen LogP contribution in [0.3, 0.4) is 0 Å². The van der Waals surface area contributed by atoms with Crippen LogP contribution in [0.1, 0.15) is 39.6 Å². The molecule has 178 valence electrons. The van der Waals surface area contributed by atoms with Crippen LogP contribution >= 0.6 is 0 Å². The van der Waals surface area contributed by atoms with Gasteiger partial charge in [-0.25, -0.2) is 0 Å². The van der Waals surface area contributed by atoms with E-state index >= 15 is 0 Å². The lowest BCUT2D eigenvalue weighted by molar-refractivity contribution is -0.116. The van der Waals surface area contributed by atoms with Crippen LogP contribution in [0.5, 0.6) is 0 Å². The van der Waals surface area contributed by atoms with Gasteiger partial charge >= 0.3 is 0 Å². The number of aromatic amines is 1. The fraction of sp³-hybridized carbons (Fsp3) is 0.280. The minimum atomic E-state index is -0.603. The van der Waals surface area contributed by atoms with E-state index in [1.807, 2.05) is 48.7 Å². The lowest BCUT2D eigenvalue weighted by Gasteiger charge is -2.08. The first-order valence-corrected chi connectivity index (χ1v) is 11.1. The maximum absolute atomic E-state index is 12.8. The highest BCUT2D eigenvalue weighted by atomic mass is 16.2. The molecule has 3 rings (SSSR count). The number of rotatable bonds is 9. The van der Waals surface area contributed by atoms with Gasteiger partial charge in [-0.05, 0) is 62.5 Å². The molecule has 0 saturated heterocycles. The van der Waals surface area contributed by atoms with Gasteiger partial charge in [0, 0.05) is 36.8 Å². The standard InChI is InChI=1S/C25H30N6O3/c1-4-13-31-21-10-8-17(9-11-22(32)27-12-14-30(2)3)15-20(21)28-25(31)29-24(34)19-7-5-6-18(16-19)23(26)33/h5-11,15-16H,4,12-14H2,1-3H3,(H2,26,33)(H,27,32)(H,28,29,34)/b11-9+. The molecule has 3 amide bonds. The highest BCUT2D eigenvalue weighted by Gasteiger charge is 2.11. The lowest BCUT2D eigenvalue weighted by atomic mass is 10.1. The lowest BCUT2D eigenvalue weighted by Crippen LogP contribution is -2.30. The fourth-order valence-corrected chi connectivity index (χ4v) is 3.43. The number of nitrogens with two attached hydrogens (primary N) is 1. The summed E-state index contributed by atoms with van der Waals surface area (Å²) in [5.41, 5.74) is 8.79. The molecule has 1 aromatic heterocycles. The highest BCUT2D eigenvalue weighted by Crippen LogP contribution is 2.15. The normalized spacial score (nSPS) is 12.1. The summed E-state index contributed by atoms with van der Waals surface area (Å²) in [7, 11) is 3.90. The highest BCUT2D eigenvalue weighted by molar-refractivity contribution is 5.99. The second kappa shape index (κ2) is 11.2. The van der Waals surface area contributed by atoms with Gasteiger partial charge in [0.1, 0.15) is 0 Å². The summed E-state index contributed by atoms with van der Waals surface area (Å²) in [6.45, 7) is 4.05. The molecule has 9 nitrogen and oxygen atoms in total. The minimum Gasteiger partial charge on any atom is -0.366 e. The van der Waals surface area contributed by atoms with E-state index in [1.165, 1.54) is 12.1 Å². The number of H-pyrrole nitrogens is 1. The first-order valence-electron chi connectivity index (χ1n) is 11.1. The van der Waals surface area contributed by atoms with Crippen LogP contribution in [0.25, 0.3) is 17.1 Å². The molecule has 2 aromatic carbocycles. The second-order valence-corrected chi connectivity index (χ2v) is 8.17. The number of hydrogen-bond acceptors (Lipinski definition) is 4. The summed E-state index contributed by atoms with van der Waals surface area (Å²) in [6.07, 6.45) is 4.09. The molecule has 0 unspecified atom stereocenters. The largest absolute Gasteiger partial charge is 0.366 e. The van der Waals surface area contributed by atoms with Gasteiger partial charge in [-0.1, -0.05) is 19.1 Å². The molecular weight excluding hydrogens is 432 g/mol. The SMILES string of the molecule is CCCn1/c(=N/C(=O)c2cccc(C(N)=O)c2)[nH]c2cc(/C=C/C(=O)NCCN(C)C)ccc21. The quantitative estimate of drug-likeness (QED) is 0.420. The number of likely N-dealkylation sites (N-methyl/N-ethyl adjacent to an activating group) is 1. The molecule has 3 aromatic rings. The van der Waals surface area contributed by atoms with E-state index in [-0.39, 0.29) is 17.0 Å². The number of nitrogens with one attached hydrogen (secondary N) is 2. The summed E-state index contributed by atoms with van der Waals surface area (Å²) in [5.74, 6) is -1.24. The molecule has 0 bridgehead atoms. The van der Waals surface area contributed by atoms with Crippen LogP contribution in [-0.4, -0.2) is 59.4 Å².